The van der Waals surface area contributed by atoms with Crippen LogP contribution in [0.4, 0.5) is 0 Å². The first kappa shape index (κ1) is 11.0. The second-order valence-electron chi connectivity index (χ2n) is 6.41. The molecule has 2 heteroatoms. The fraction of sp³-hybridized carbons (Fsp3) is 1.00. The molecule has 0 saturated heterocycles. The number of rotatable bonds is 5. The van der Waals surface area contributed by atoms with E-state index in [0.717, 1.165) is 17.9 Å². The molecule has 0 bridgehead atoms. The Balaban J connectivity index is 1.52. The molecule has 0 aliphatic heterocycles. The van der Waals surface area contributed by atoms with E-state index < -0.39 is 0 Å². The summed E-state index contributed by atoms with van der Waals surface area (Å²) in [6, 6.07) is 1.38. The van der Waals surface area contributed by atoms with Gasteiger partial charge in [-0.3, -0.25) is 4.90 Å². The van der Waals surface area contributed by atoms with Crippen LogP contribution in [0.1, 0.15) is 51.4 Å². The van der Waals surface area contributed by atoms with Crippen LogP contribution >= 0.6 is 0 Å². The molecule has 3 aliphatic rings. The second kappa shape index (κ2) is 4.66. The summed E-state index contributed by atoms with van der Waals surface area (Å²) in [7, 11) is 0. The van der Waals surface area contributed by atoms with Gasteiger partial charge in [0.2, 0.25) is 0 Å². The van der Waals surface area contributed by atoms with E-state index in [1.165, 1.54) is 64.5 Å². The van der Waals surface area contributed by atoms with Crippen molar-refractivity contribution in [3.8, 4) is 0 Å². The molecule has 0 aromatic heterocycles. The Hall–Kier alpha value is -0.0800. The van der Waals surface area contributed by atoms with Crippen LogP contribution in [0.25, 0.3) is 0 Å². The molecule has 3 rings (SSSR count). The number of hydrogen-bond donors (Lipinski definition) is 1. The van der Waals surface area contributed by atoms with Crippen molar-refractivity contribution >= 4 is 0 Å². The van der Waals surface area contributed by atoms with Crippen molar-refractivity contribution in [3.63, 3.8) is 0 Å². The minimum absolute atomic E-state index is 0.500. The highest BCUT2D eigenvalue weighted by molar-refractivity contribution is 4.88. The first-order valence-electron chi connectivity index (χ1n) is 7.31. The summed E-state index contributed by atoms with van der Waals surface area (Å²) >= 11 is 0. The zero-order valence-electron chi connectivity index (χ0n) is 10.4. The maximum atomic E-state index is 6.01. The van der Waals surface area contributed by atoms with Gasteiger partial charge < -0.3 is 5.73 Å². The summed E-state index contributed by atoms with van der Waals surface area (Å²) in [5.74, 6) is 2.10. The van der Waals surface area contributed by atoms with Gasteiger partial charge in [0, 0.05) is 25.2 Å². The van der Waals surface area contributed by atoms with Crippen molar-refractivity contribution in [2.24, 2.45) is 17.6 Å². The minimum Gasteiger partial charge on any atom is -0.328 e. The molecule has 3 fully saturated rings. The van der Waals surface area contributed by atoms with Gasteiger partial charge in [-0.05, 0) is 63.2 Å². The third-order valence-electron chi connectivity index (χ3n) is 4.64. The molecule has 2 nitrogen and oxygen atoms in total. The van der Waals surface area contributed by atoms with E-state index in [9.17, 15) is 0 Å². The van der Waals surface area contributed by atoms with Gasteiger partial charge in [-0.25, -0.2) is 0 Å². The molecule has 2 N–H and O–H groups in total. The predicted molar refractivity (Wildman–Crippen MR) is 67.3 cm³/mol. The van der Waals surface area contributed by atoms with Gasteiger partial charge in [-0.15, -0.1) is 0 Å². The molecule has 16 heavy (non-hydrogen) atoms. The Morgan fingerprint density at radius 3 is 1.69 bits per heavy atom. The van der Waals surface area contributed by atoms with E-state index >= 15 is 0 Å². The van der Waals surface area contributed by atoms with E-state index in [1.54, 1.807) is 0 Å². The van der Waals surface area contributed by atoms with E-state index in [2.05, 4.69) is 4.90 Å². The van der Waals surface area contributed by atoms with Crippen molar-refractivity contribution in [2.45, 2.75) is 63.5 Å². The van der Waals surface area contributed by atoms with Crippen LogP contribution in [-0.2, 0) is 0 Å². The van der Waals surface area contributed by atoms with Gasteiger partial charge in [0.05, 0.1) is 0 Å². The van der Waals surface area contributed by atoms with Crippen molar-refractivity contribution in [3.05, 3.63) is 0 Å². The van der Waals surface area contributed by atoms with Crippen molar-refractivity contribution in [2.75, 3.05) is 13.1 Å². The first-order valence-corrected chi connectivity index (χ1v) is 7.31. The summed E-state index contributed by atoms with van der Waals surface area (Å²) in [4.78, 5) is 2.83. The molecule has 0 amide bonds. The Bertz CT molecular complexity index is 211. The highest BCUT2D eigenvalue weighted by Gasteiger charge is 2.33. The smallest absolute Gasteiger partial charge is 0.00966 e. The quantitative estimate of drug-likeness (QED) is 0.774. The van der Waals surface area contributed by atoms with Gasteiger partial charge in [-0.1, -0.05) is 0 Å². The molecule has 0 unspecified atom stereocenters. The maximum absolute atomic E-state index is 6.01. The molecule has 3 saturated carbocycles. The third kappa shape index (κ3) is 2.98. The average molecular weight is 222 g/mol. The highest BCUT2D eigenvalue weighted by Crippen LogP contribution is 2.36. The van der Waals surface area contributed by atoms with Gasteiger partial charge in [0.15, 0.2) is 0 Å². The lowest BCUT2D eigenvalue weighted by Gasteiger charge is -2.36. The van der Waals surface area contributed by atoms with Gasteiger partial charge in [0.1, 0.15) is 0 Å². The monoisotopic (exact) mass is 222 g/mol. The van der Waals surface area contributed by atoms with Crippen molar-refractivity contribution < 1.29 is 0 Å². The van der Waals surface area contributed by atoms with E-state index in [4.69, 9.17) is 5.73 Å². The van der Waals surface area contributed by atoms with E-state index in [-0.39, 0.29) is 0 Å². The first-order chi connectivity index (χ1) is 7.81. The van der Waals surface area contributed by atoms with E-state index in [1.807, 2.05) is 0 Å². The summed E-state index contributed by atoms with van der Waals surface area (Å²) in [6.45, 7) is 2.80. The normalized spacial score (nSPS) is 35.6. The molecule has 3 aliphatic carbocycles. The zero-order valence-corrected chi connectivity index (χ0v) is 10.4. The Morgan fingerprint density at radius 1 is 0.750 bits per heavy atom. The van der Waals surface area contributed by atoms with Crippen molar-refractivity contribution in [1.29, 1.82) is 0 Å². The molecule has 0 spiro atoms. The van der Waals surface area contributed by atoms with Crippen molar-refractivity contribution in [1.82, 2.24) is 4.90 Å². The highest BCUT2D eigenvalue weighted by atomic mass is 15.2. The predicted octanol–water partition coefficient (Wildman–Crippen LogP) is 2.38. The largest absolute Gasteiger partial charge is 0.328 e. The summed E-state index contributed by atoms with van der Waals surface area (Å²) in [5, 5.41) is 0. The number of hydrogen-bond acceptors (Lipinski definition) is 2. The van der Waals surface area contributed by atoms with Gasteiger partial charge >= 0.3 is 0 Å². The zero-order chi connectivity index (χ0) is 11.0. The molecule has 0 atom stereocenters. The lowest BCUT2D eigenvalue weighted by Crippen LogP contribution is -2.42. The Morgan fingerprint density at radius 2 is 1.25 bits per heavy atom. The van der Waals surface area contributed by atoms with Crippen LogP contribution in [0.3, 0.4) is 0 Å². The standard InChI is InChI=1S/C14H26N2/c15-13-5-7-14(8-6-13)16(9-11-1-2-11)10-12-3-4-12/h11-14H,1-10,15H2. The summed E-state index contributed by atoms with van der Waals surface area (Å²) in [6.07, 6.45) is 11.2. The molecule has 92 valence electrons. The molecular formula is C14H26N2. The molecule has 0 heterocycles. The lowest BCUT2D eigenvalue weighted by atomic mass is 9.90. The maximum Gasteiger partial charge on any atom is 0.00966 e. The van der Waals surface area contributed by atoms with Crippen LogP contribution < -0.4 is 5.73 Å². The number of nitrogens with zero attached hydrogens (tertiary/aromatic N) is 1. The summed E-state index contributed by atoms with van der Waals surface area (Å²) < 4.78 is 0. The molecule has 0 aromatic carbocycles. The minimum atomic E-state index is 0.500. The third-order valence-corrected chi connectivity index (χ3v) is 4.64. The Labute approximate surface area is 99.6 Å². The number of nitrogens with two attached hydrogens (primary N) is 1. The molecular weight excluding hydrogens is 196 g/mol. The van der Waals surface area contributed by atoms with Crippen LogP contribution in [0.2, 0.25) is 0 Å². The summed E-state index contributed by atoms with van der Waals surface area (Å²) in [5.41, 5.74) is 6.01. The fourth-order valence-corrected chi connectivity index (χ4v) is 3.10. The molecule has 0 aromatic rings. The topological polar surface area (TPSA) is 29.3 Å². The van der Waals surface area contributed by atoms with Crippen LogP contribution in [0.15, 0.2) is 0 Å². The second-order valence-corrected chi connectivity index (χ2v) is 6.41. The van der Waals surface area contributed by atoms with Crippen LogP contribution in [0.5, 0.6) is 0 Å². The van der Waals surface area contributed by atoms with Gasteiger partial charge in [-0.2, -0.15) is 0 Å². The molecule has 0 radical (unpaired) electrons. The van der Waals surface area contributed by atoms with Gasteiger partial charge in [0.25, 0.3) is 0 Å². The van der Waals surface area contributed by atoms with Crippen LogP contribution in [-0.4, -0.2) is 30.1 Å². The fourth-order valence-electron chi connectivity index (χ4n) is 3.10. The van der Waals surface area contributed by atoms with E-state index in [0.29, 0.717) is 6.04 Å². The Kier molecular flexibility index (Phi) is 3.21. The lowest BCUT2D eigenvalue weighted by molar-refractivity contribution is 0.137. The van der Waals surface area contributed by atoms with Crippen LogP contribution in [0, 0.1) is 11.8 Å². The average Bonchev–Trinajstić information content (AvgIpc) is 3.12. The SMILES string of the molecule is NC1CCC(N(CC2CC2)CC2CC2)CC1.